The smallest absolute Gasteiger partial charge is 0.246 e. The van der Waals surface area contributed by atoms with E-state index in [0.29, 0.717) is 24.6 Å². The number of carbonyl (C=O) groups excluding carboxylic acids is 1. The Morgan fingerprint density at radius 2 is 2.00 bits per heavy atom. The van der Waals surface area contributed by atoms with Crippen molar-refractivity contribution >= 4 is 5.91 Å². The van der Waals surface area contributed by atoms with E-state index in [0.717, 1.165) is 30.6 Å². The fourth-order valence-corrected chi connectivity index (χ4v) is 6.57. The molecule has 196 valence electrons. The molecule has 0 saturated heterocycles. The number of rotatable bonds is 7. The summed E-state index contributed by atoms with van der Waals surface area (Å²) in [5, 5.41) is 30.1. The third-order valence-electron chi connectivity index (χ3n) is 8.50. The summed E-state index contributed by atoms with van der Waals surface area (Å²) >= 11 is 0. The van der Waals surface area contributed by atoms with Gasteiger partial charge in [-0.2, -0.15) is 4.98 Å². The third-order valence-corrected chi connectivity index (χ3v) is 8.50. The van der Waals surface area contributed by atoms with Crippen molar-refractivity contribution in [1.82, 2.24) is 15.5 Å². The number of nitrogens with one attached hydrogen (secondary N) is 1. The summed E-state index contributed by atoms with van der Waals surface area (Å²) in [5.74, 6) is 1.55. The molecule has 4 unspecified atom stereocenters. The van der Waals surface area contributed by atoms with Crippen LogP contribution in [0.4, 0.5) is 0 Å². The molecule has 1 heterocycles. The highest BCUT2D eigenvalue weighted by Gasteiger charge is 2.60. The van der Waals surface area contributed by atoms with E-state index >= 15 is 0 Å². The lowest BCUT2D eigenvalue weighted by molar-refractivity contribution is -0.205. The predicted octanol–water partition coefficient (Wildman–Crippen LogP) is 3.93. The Kier molecular flexibility index (Phi) is 6.58. The third kappa shape index (κ3) is 4.53. The first-order valence-corrected chi connectivity index (χ1v) is 13.0. The van der Waals surface area contributed by atoms with Crippen LogP contribution in [0.3, 0.4) is 0 Å². The molecule has 2 aliphatic carbocycles. The zero-order chi connectivity index (χ0) is 26.3. The normalized spacial score (nSPS) is 28.7. The Hall–Kier alpha value is -3.23. The lowest BCUT2D eigenvalue weighted by Gasteiger charge is -2.59. The molecule has 0 spiro atoms. The molecule has 1 saturated carbocycles. The maximum absolute atomic E-state index is 11.8. The van der Waals surface area contributed by atoms with Gasteiger partial charge in [0, 0.05) is 12.3 Å². The zero-order valence-corrected chi connectivity index (χ0v) is 21.7. The molecular formula is C29H35N3O5. The van der Waals surface area contributed by atoms with Crippen molar-refractivity contribution in [2.75, 3.05) is 0 Å². The van der Waals surface area contributed by atoms with Gasteiger partial charge in [0.1, 0.15) is 11.4 Å². The van der Waals surface area contributed by atoms with Gasteiger partial charge in [-0.25, -0.2) is 0 Å². The first kappa shape index (κ1) is 25.4. The molecular weight excluding hydrogens is 470 g/mol. The highest BCUT2D eigenvalue weighted by Crippen LogP contribution is 2.60. The van der Waals surface area contributed by atoms with Gasteiger partial charge in [-0.15, -0.1) is 0 Å². The van der Waals surface area contributed by atoms with Crippen LogP contribution in [0.25, 0.3) is 0 Å². The van der Waals surface area contributed by atoms with Crippen molar-refractivity contribution in [3.8, 4) is 5.75 Å². The molecule has 5 rings (SSSR count). The number of nitrogens with zero attached hydrogens (tertiary/aromatic N) is 2. The van der Waals surface area contributed by atoms with Crippen molar-refractivity contribution in [2.24, 2.45) is 5.92 Å². The van der Waals surface area contributed by atoms with Crippen molar-refractivity contribution in [2.45, 2.75) is 82.6 Å². The first-order chi connectivity index (χ1) is 17.7. The molecule has 1 fully saturated rings. The van der Waals surface area contributed by atoms with Crippen LogP contribution < -0.4 is 10.1 Å². The molecule has 37 heavy (non-hydrogen) atoms. The van der Waals surface area contributed by atoms with E-state index in [9.17, 15) is 15.0 Å². The molecule has 0 aliphatic heterocycles. The number of hydrogen-bond acceptors (Lipinski definition) is 7. The van der Waals surface area contributed by atoms with Crippen molar-refractivity contribution in [3.05, 3.63) is 76.9 Å². The van der Waals surface area contributed by atoms with Crippen LogP contribution in [0.1, 0.15) is 74.9 Å². The zero-order valence-electron chi connectivity index (χ0n) is 21.7. The van der Waals surface area contributed by atoms with Crippen LogP contribution >= 0.6 is 0 Å². The number of hydrogen-bond donors (Lipinski definition) is 3. The SMILES string of the molecule is CCC12CC(C)(O)C(O)(c3ccccc3)CC1CCc1cc(OCc3noc(CNC(C)=O)n3)ccc12. The van der Waals surface area contributed by atoms with Crippen LogP contribution in [0, 0.1) is 5.92 Å². The van der Waals surface area contributed by atoms with Crippen molar-refractivity contribution < 1.29 is 24.3 Å². The summed E-state index contributed by atoms with van der Waals surface area (Å²) in [4.78, 5) is 15.3. The second-order valence-corrected chi connectivity index (χ2v) is 10.7. The summed E-state index contributed by atoms with van der Waals surface area (Å²) in [6.07, 6.45) is 3.71. The van der Waals surface area contributed by atoms with E-state index < -0.39 is 11.2 Å². The average Bonchev–Trinajstić information content (AvgIpc) is 3.35. The van der Waals surface area contributed by atoms with Gasteiger partial charge in [0.15, 0.2) is 6.61 Å². The Labute approximate surface area is 217 Å². The summed E-state index contributed by atoms with van der Waals surface area (Å²) in [6, 6.07) is 15.8. The van der Waals surface area contributed by atoms with Gasteiger partial charge < -0.3 is 24.8 Å². The van der Waals surface area contributed by atoms with Gasteiger partial charge in [-0.05, 0) is 73.8 Å². The Morgan fingerprint density at radius 1 is 1.22 bits per heavy atom. The highest BCUT2D eigenvalue weighted by molar-refractivity contribution is 5.72. The Balaban J connectivity index is 1.36. The van der Waals surface area contributed by atoms with Gasteiger partial charge in [0.05, 0.1) is 12.1 Å². The molecule has 1 aromatic heterocycles. The first-order valence-electron chi connectivity index (χ1n) is 13.0. The number of carbonyl (C=O) groups is 1. The minimum atomic E-state index is -1.29. The molecule has 2 aromatic carbocycles. The van der Waals surface area contributed by atoms with E-state index in [1.807, 2.05) is 36.4 Å². The number of benzene rings is 2. The van der Waals surface area contributed by atoms with E-state index in [1.54, 1.807) is 6.92 Å². The fourth-order valence-electron chi connectivity index (χ4n) is 6.57. The Bertz CT molecular complexity index is 1270. The van der Waals surface area contributed by atoms with E-state index in [1.165, 1.54) is 18.1 Å². The van der Waals surface area contributed by atoms with Gasteiger partial charge in [-0.1, -0.05) is 48.5 Å². The fraction of sp³-hybridized carbons (Fsp3) is 0.483. The second kappa shape index (κ2) is 9.58. The monoisotopic (exact) mass is 505 g/mol. The number of aryl methyl sites for hydroxylation is 1. The lowest BCUT2D eigenvalue weighted by Crippen LogP contribution is -2.62. The van der Waals surface area contributed by atoms with E-state index in [2.05, 4.69) is 34.5 Å². The second-order valence-electron chi connectivity index (χ2n) is 10.7. The van der Waals surface area contributed by atoms with Gasteiger partial charge in [-0.3, -0.25) is 4.79 Å². The number of amides is 1. The van der Waals surface area contributed by atoms with Crippen LogP contribution in [0.2, 0.25) is 0 Å². The maximum atomic E-state index is 11.8. The summed E-state index contributed by atoms with van der Waals surface area (Å²) in [6.45, 7) is 5.74. The molecule has 0 bridgehead atoms. The van der Waals surface area contributed by atoms with Gasteiger partial charge >= 0.3 is 0 Å². The molecule has 8 heteroatoms. The van der Waals surface area contributed by atoms with E-state index in [4.69, 9.17) is 9.26 Å². The number of aromatic nitrogens is 2. The minimum absolute atomic E-state index is 0.155. The van der Waals surface area contributed by atoms with Gasteiger partial charge in [0.2, 0.25) is 17.6 Å². The maximum Gasteiger partial charge on any atom is 0.246 e. The largest absolute Gasteiger partial charge is 0.485 e. The lowest BCUT2D eigenvalue weighted by atomic mass is 9.49. The number of ether oxygens (including phenoxy) is 1. The molecule has 1 amide bonds. The molecule has 2 aliphatic rings. The van der Waals surface area contributed by atoms with Crippen LogP contribution in [-0.4, -0.2) is 31.9 Å². The molecule has 3 aromatic rings. The quantitative estimate of drug-likeness (QED) is 0.445. The minimum Gasteiger partial charge on any atom is -0.485 e. The van der Waals surface area contributed by atoms with Gasteiger partial charge in [0.25, 0.3) is 0 Å². The van der Waals surface area contributed by atoms with Crippen LogP contribution in [0.5, 0.6) is 5.75 Å². The van der Waals surface area contributed by atoms with Crippen molar-refractivity contribution in [1.29, 1.82) is 0 Å². The summed E-state index contributed by atoms with van der Waals surface area (Å²) in [7, 11) is 0. The molecule has 3 N–H and O–H groups in total. The van der Waals surface area contributed by atoms with Crippen LogP contribution in [0.15, 0.2) is 53.1 Å². The van der Waals surface area contributed by atoms with Crippen molar-refractivity contribution in [3.63, 3.8) is 0 Å². The van der Waals surface area contributed by atoms with Crippen LogP contribution in [-0.2, 0) is 35.4 Å². The molecule has 0 radical (unpaired) electrons. The summed E-state index contributed by atoms with van der Waals surface area (Å²) < 4.78 is 11.1. The average molecular weight is 506 g/mol. The molecule has 8 nitrogen and oxygen atoms in total. The number of fused-ring (bicyclic) bond motifs is 3. The standard InChI is InChI=1S/C29H35N3O5/c1-4-28-18-27(3,34)29(35,21-8-6-5-7-9-21)15-22(28)11-10-20-14-23(12-13-24(20)28)36-17-25-31-26(37-32-25)16-30-19(2)33/h5-9,12-14,22,34-35H,4,10-11,15-18H2,1-3H3,(H,30,33). The number of aliphatic hydroxyl groups is 2. The Morgan fingerprint density at radius 3 is 2.73 bits per heavy atom. The highest BCUT2D eigenvalue weighted by atomic mass is 16.5. The molecule has 4 atom stereocenters. The van der Waals surface area contributed by atoms with E-state index in [-0.39, 0.29) is 30.4 Å². The predicted molar refractivity (Wildman–Crippen MR) is 137 cm³/mol. The topological polar surface area (TPSA) is 118 Å². The summed E-state index contributed by atoms with van der Waals surface area (Å²) in [5.41, 5.74) is 0.450.